The molecule has 2 aromatic rings. The van der Waals surface area contributed by atoms with Crippen molar-refractivity contribution in [3.63, 3.8) is 0 Å². The van der Waals surface area contributed by atoms with E-state index in [4.69, 9.17) is 23.2 Å². The Morgan fingerprint density at radius 2 is 1.64 bits per heavy atom. The highest BCUT2D eigenvalue weighted by Gasteiger charge is 2.11. The number of hydrogen-bond acceptors (Lipinski definition) is 1. The minimum atomic E-state index is -0.334. The van der Waals surface area contributed by atoms with Crippen LogP contribution >= 0.6 is 23.2 Å². The fraction of sp³-hybridized carbons (Fsp3) is 0.235. The number of urea groups is 1. The van der Waals surface area contributed by atoms with Gasteiger partial charge < -0.3 is 10.6 Å². The minimum Gasteiger partial charge on any atom is -0.307 e. The van der Waals surface area contributed by atoms with Crippen LogP contribution in [0.15, 0.2) is 36.4 Å². The Bertz CT molecular complexity index is 664. The predicted molar refractivity (Wildman–Crippen MR) is 94.3 cm³/mol. The zero-order chi connectivity index (χ0) is 16.1. The summed E-state index contributed by atoms with van der Waals surface area (Å²) in [5.74, 6) is 0. The first kappa shape index (κ1) is 16.7. The van der Waals surface area contributed by atoms with Gasteiger partial charge in [-0.3, -0.25) is 0 Å². The molecule has 0 unspecified atom stereocenters. The Morgan fingerprint density at radius 1 is 1.00 bits per heavy atom. The third-order valence-electron chi connectivity index (χ3n) is 3.41. The van der Waals surface area contributed by atoms with E-state index in [2.05, 4.69) is 24.5 Å². The number of rotatable bonds is 4. The van der Waals surface area contributed by atoms with Crippen molar-refractivity contribution >= 4 is 40.6 Å². The number of amides is 2. The highest BCUT2D eigenvalue weighted by Crippen LogP contribution is 2.26. The van der Waals surface area contributed by atoms with Crippen molar-refractivity contribution in [2.75, 3.05) is 10.6 Å². The Kier molecular flexibility index (Phi) is 5.69. The summed E-state index contributed by atoms with van der Waals surface area (Å²) >= 11 is 12.0. The molecule has 2 aromatic carbocycles. The highest BCUT2D eigenvalue weighted by atomic mass is 35.5. The number of aryl methyl sites for hydroxylation is 2. The van der Waals surface area contributed by atoms with Crippen LogP contribution in [0, 0.1) is 0 Å². The van der Waals surface area contributed by atoms with Crippen molar-refractivity contribution < 1.29 is 4.79 Å². The van der Waals surface area contributed by atoms with Gasteiger partial charge in [-0.15, -0.1) is 0 Å². The molecule has 0 saturated carbocycles. The van der Waals surface area contributed by atoms with E-state index in [1.165, 1.54) is 0 Å². The molecule has 0 aliphatic rings. The largest absolute Gasteiger partial charge is 0.323 e. The average Bonchev–Trinajstić information content (AvgIpc) is 2.51. The fourth-order valence-electron chi connectivity index (χ4n) is 2.26. The summed E-state index contributed by atoms with van der Waals surface area (Å²) in [6.07, 6.45) is 1.70. The van der Waals surface area contributed by atoms with E-state index >= 15 is 0 Å². The van der Waals surface area contributed by atoms with E-state index in [-0.39, 0.29) is 6.03 Å². The number of nitrogens with one attached hydrogen (secondary N) is 2. The van der Waals surface area contributed by atoms with Gasteiger partial charge in [0, 0.05) is 10.7 Å². The van der Waals surface area contributed by atoms with Gasteiger partial charge in [0.1, 0.15) is 0 Å². The number of hydrogen-bond donors (Lipinski definition) is 2. The van der Waals surface area contributed by atoms with Crippen molar-refractivity contribution in [3.8, 4) is 0 Å². The maximum atomic E-state index is 12.3. The summed E-state index contributed by atoms with van der Waals surface area (Å²) in [6.45, 7) is 4.12. The van der Waals surface area contributed by atoms with Gasteiger partial charge in [-0.2, -0.15) is 0 Å². The third kappa shape index (κ3) is 3.93. The second-order valence-corrected chi connectivity index (χ2v) is 5.71. The molecule has 0 radical (unpaired) electrons. The van der Waals surface area contributed by atoms with Crippen molar-refractivity contribution in [2.24, 2.45) is 0 Å². The molecule has 0 bridgehead atoms. The quantitative estimate of drug-likeness (QED) is 0.731. The first-order valence-corrected chi connectivity index (χ1v) is 7.94. The van der Waals surface area contributed by atoms with Gasteiger partial charge in [0.05, 0.1) is 10.7 Å². The van der Waals surface area contributed by atoms with E-state index in [0.29, 0.717) is 15.7 Å². The lowest BCUT2D eigenvalue weighted by molar-refractivity contribution is 0.262. The lowest BCUT2D eigenvalue weighted by Crippen LogP contribution is -2.21. The molecule has 0 aromatic heterocycles. The lowest BCUT2D eigenvalue weighted by Gasteiger charge is -2.15. The molecule has 0 saturated heterocycles. The Labute approximate surface area is 140 Å². The van der Waals surface area contributed by atoms with Gasteiger partial charge in [-0.05, 0) is 42.2 Å². The zero-order valence-corrected chi connectivity index (χ0v) is 14.1. The lowest BCUT2D eigenvalue weighted by atomic mass is 10.0. The molecular formula is C17H18Cl2N2O. The third-order valence-corrected chi connectivity index (χ3v) is 3.98. The molecule has 0 fully saturated rings. The first-order chi connectivity index (χ1) is 10.5. The van der Waals surface area contributed by atoms with E-state index in [1.54, 1.807) is 18.2 Å². The molecule has 22 heavy (non-hydrogen) atoms. The van der Waals surface area contributed by atoms with Gasteiger partial charge in [-0.25, -0.2) is 4.79 Å². The second kappa shape index (κ2) is 7.52. The summed E-state index contributed by atoms with van der Waals surface area (Å²) in [5, 5.41) is 6.62. The van der Waals surface area contributed by atoms with Crippen LogP contribution in [0.1, 0.15) is 25.0 Å². The summed E-state index contributed by atoms with van der Waals surface area (Å²) < 4.78 is 0. The van der Waals surface area contributed by atoms with Crippen LogP contribution < -0.4 is 10.6 Å². The molecule has 2 N–H and O–H groups in total. The van der Waals surface area contributed by atoms with E-state index in [0.717, 1.165) is 29.7 Å². The fourth-order valence-corrected chi connectivity index (χ4v) is 2.60. The molecule has 3 nitrogen and oxygen atoms in total. The maximum Gasteiger partial charge on any atom is 0.323 e. The van der Waals surface area contributed by atoms with E-state index < -0.39 is 0 Å². The van der Waals surface area contributed by atoms with Crippen molar-refractivity contribution in [1.29, 1.82) is 0 Å². The molecule has 2 rings (SSSR count). The van der Waals surface area contributed by atoms with Crippen LogP contribution in [0.3, 0.4) is 0 Å². The summed E-state index contributed by atoms with van der Waals surface area (Å²) in [4.78, 5) is 12.3. The average molecular weight is 337 g/mol. The number of carbonyl (C=O) groups excluding carboxylic acids is 1. The van der Waals surface area contributed by atoms with Crippen molar-refractivity contribution in [1.82, 2.24) is 0 Å². The van der Waals surface area contributed by atoms with Gasteiger partial charge in [0.25, 0.3) is 0 Å². The van der Waals surface area contributed by atoms with Gasteiger partial charge in [0.15, 0.2) is 0 Å². The van der Waals surface area contributed by atoms with E-state index in [1.807, 2.05) is 18.2 Å². The number of carbonyl (C=O) groups is 1. The Morgan fingerprint density at radius 3 is 2.23 bits per heavy atom. The first-order valence-electron chi connectivity index (χ1n) is 7.19. The van der Waals surface area contributed by atoms with Crippen LogP contribution in [0.25, 0.3) is 0 Å². The number of anilines is 2. The molecule has 0 heterocycles. The standard InChI is InChI=1S/C17H18Cl2N2O/c1-3-11-6-5-7-12(4-2)16(11)21-17(22)20-15-10-13(18)8-9-14(15)19/h5-10H,3-4H2,1-2H3,(H2,20,21,22). The molecule has 0 aliphatic carbocycles. The predicted octanol–water partition coefficient (Wildman–Crippen LogP) is 5.76. The summed E-state index contributed by atoms with van der Waals surface area (Å²) in [6, 6.07) is 10.7. The minimum absolute atomic E-state index is 0.334. The zero-order valence-electron chi connectivity index (χ0n) is 12.5. The van der Waals surface area contributed by atoms with Crippen molar-refractivity contribution in [2.45, 2.75) is 26.7 Å². The van der Waals surface area contributed by atoms with Crippen LogP contribution in [-0.4, -0.2) is 6.03 Å². The van der Waals surface area contributed by atoms with Gasteiger partial charge in [-0.1, -0.05) is 55.2 Å². The maximum absolute atomic E-state index is 12.3. The van der Waals surface area contributed by atoms with Crippen LogP contribution in [0.5, 0.6) is 0 Å². The number of halogens is 2. The second-order valence-electron chi connectivity index (χ2n) is 4.86. The van der Waals surface area contributed by atoms with Crippen LogP contribution in [0.4, 0.5) is 16.2 Å². The topological polar surface area (TPSA) is 41.1 Å². The molecule has 5 heteroatoms. The Hall–Kier alpha value is -1.71. The van der Waals surface area contributed by atoms with Gasteiger partial charge in [0.2, 0.25) is 0 Å². The monoisotopic (exact) mass is 336 g/mol. The van der Waals surface area contributed by atoms with Crippen LogP contribution in [0.2, 0.25) is 10.0 Å². The number of benzene rings is 2. The Balaban J connectivity index is 2.20. The highest BCUT2D eigenvalue weighted by molar-refractivity contribution is 6.35. The SMILES string of the molecule is CCc1cccc(CC)c1NC(=O)Nc1cc(Cl)ccc1Cl. The summed E-state index contributed by atoms with van der Waals surface area (Å²) in [5.41, 5.74) is 3.56. The van der Waals surface area contributed by atoms with Crippen molar-refractivity contribution in [3.05, 3.63) is 57.6 Å². The smallest absolute Gasteiger partial charge is 0.307 e. The molecule has 0 spiro atoms. The molecule has 2 amide bonds. The van der Waals surface area contributed by atoms with Gasteiger partial charge >= 0.3 is 6.03 Å². The number of para-hydroxylation sites is 1. The van der Waals surface area contributed by atoms with Crippen LogP contribution in [-0.2, 0) is 12.8 Å². The van der Waals surface area contributed by atoms with E-state index in [9.17, 15) is 4.79 Å². The summed E-state index contributed by atoms with van der Waals surface area (Å²) in [7, 11) is 0. The molecule has 0 aliphatic heterocycles. The molecule has 116 valence electrons. The normalized spacial score (nSPS) is 10.4. The molecule has 0 atom stereocenters. The molecular weight excluding hydrogens is 319 g/mol.